The van der Waals surface area contributed by atoms with Crippen molar-refractivity contribution in [2.24, 2.45) is 0 Å². The lowest BCUT2D eigenvalue weighted by atomic mass is 10.1. The first-order valence-electron chi connectivity index (χ1n) is 9.50. The van der Waals surface area contributed by atoms with E-state index in [-0.39, 0.29) is 24.4 Å². The van der Waals surface area contributed by atoms with E-state index in [1.807, 2.05) is 32.9 Å². The summed E-state index contributed by atoms with van der Waals surface area (Å²) in [7, 11) is 1.61. The van der Waals surface area contributed by atoms with E-state index in [1.54, 1.807) is 16.9 Å². The van der Waals surface area contributed by atoms with Gasteiger partial charge in [-0.25, -0.2) is 0 Å². The van der Waals surface area contributed by atoms with Crippen LogP contribution >= 0.6 is 0 Å². The van der Waals surface area contributed by atoms with Gasteiger partial charge in [-0.1, -0.05) is 19.8 Å². The van der Waals surface area contributed by atoms with E-state index in [2.05, 4.69) is 6.92 Å². The summed E-state index contributed by atoms with van der Waals surface area (Å²) >= 11 is 0. The minimum atomic E-state index is -0.0892. The smallest absolute Gasteiger partial charge is 0.242 e. The molecule has 1 rings (SSSR count). The third-order valence-corrected chi connectivity index (χ3v) is 4.30. The minimum absolute atomic E-state index is 0.0109. The standard InChI is InChI=1S/C20H34N2O4/c1-6-7-8-9-19(23)22(16(2)3)15-20(24)21(12-13-25-5)14-18-11-10-17(4)26-18/h10-11,16H,6-9,12-15H2,1-5H3. The van der Waals surface area contributed by atoms with Crippen LogP contribution in [0.25, 0.3) is 0 Å². The lowest BCUT2D eigenvalue weighted by Gasteiger charge is -2.30. The van der Waals surface area contributed by atoms with Crippen molar-refractivity contribution in [2.75, 3.05) is 26.8 Å². The summed E-state index contributed by atoms with van der Waals surface area (Å²) in [4.78, 5) is 28.7. The minimum Gasteiger partial charge on any atom is -0.464 e. The summed E-state index contributed by atoms with van der Waals surface area (Å²) in [6.07, 6.45) is 3.46. The Labute approximate surface area is 157 Å². The van der Waals surface area contributed by atoms with Gasteiger partial charge in [0.05, 0.1) is 19.7 Å². The van der Waals surface area contributed by atoms with E-state index >= 15 is 0 Å². The van der Waals surface area contributed by atoms with E-state index < -0.39 is 0 Å². The van der Waals surface area contributed by atoms with E-state index in [9.17, 15) is 9.59 Å². The van der Waals surface area contributed by atoms with Crippen LogP contribution in [0.3, 0.4) is 0 Å². The number of carbonyl (C=O) groups is 2. The molecule has 148 valence electrons. The van der Waals surface area contributed by atoms with Crippen LogP contribution in [-0.2, 0) is 20.9 Å². The van der Waals surface area contributed by atoms with Crippen LogP contribution in [0.1, 0.15) is 58.0 Å². The summed E-state index contributed by atoms with van der Waals surface area (Å²) in [5.41, 5.74) is 0. The van der Waals surface area contributed by atoms with Gasteiger partial charge in [0, 0.05) is 26.1 Å². The fraction of sp³-hybridized carbons (Fsp3) is 0.700. The fourth-order valence-corrected chi connectivity index (χ4v) is 2.73. The van der Waals surface area contributed by atoms with Gasteiger partial charge in [-0.15, -0.1) is 0 Å². The summed E-state index contributed by atoms with van der Waals surface area (Å²) in [5, 5.41) is 0. The van der Waals surface area contributed by atoms with E-state index in [0.717, 1.165) is 30.8 Å². The number of furan rings is 1. The molecule has 0 aromatic carbocycles. The normalized spacial score (nSPS) is 11.0. The molecule has 0 spiro atoms. The highest BCUT2D eigenvalue weighted by atomic mass is 16.5. The van der Waals surface area contributed by atoms with E-state index in [0.29, 0.717) is 26.1 Å². The van der Waals surface area contributed by atoms with Crippen molar-refractivity contribution < 1.29 is 18.7 Å². The molecule has 0 fully saturated rings. The van der Waals surface area contributed by atoms with E-state index in [1.165, 1.54) is 0 Å². The Morgan fingerprint density at radius 1 is 1.19 bits per heavy atom. The average molecular weight is 367 g/mol. The average Bonchev–Trinajstić information content (AvgIpc) is 3.00. The number of methoxy groups -OCH3 is 1. The van der Waals surface area contributed by atoms with Crippen LogP contribution in [0.15, 0.2) is 16.5 Å². The Balaban J connectivity index is 2.74. The fourth-order valence-electron chi connectivity index (χ4n) is 2.73. The molecular weight excluding hydrogens is 332 g/mol. The van der Waals surface area contributed by atoms with Gasteiger partial charge in [0.2, 0.25) is 11.8 Å². The number of hydrogen-bond acceptors (Lipinski definition) is 4. The van der Waals surface area contributed by atoms with Crippen molar-refractivity contribution in [1.82, 2.24) is 9.80 Å². The van der Waals surface area contributed by atoms with Crippen LogP contribution < -0.4 is 0 Å². The molecule has 0 atom stereocenters. The van der Waals surface area contributed by atoms with Crippen LogP contribution in [0.2, 0.25) is 0 Å². The van der Waals surface area contributed by atoms with Crippen molar-refractivity contribution in [3.63, 3.8) is 0 Å². The van der Waals surface area contributed by atoms with Gasteiger partial charge in [-0.3, -0.25) is 9.59 Å². The van der Waals surface area contributed by atoms with Crippen molar-refractivity contribution in [1.29, 1.82) is 0 Å². The predicted octanol–water partition coefficient (Wildman–Crippen LogP) is 3.38. The van der Waals surface area contributed by atoms with Crippen LogP contribution in [0.4, 0.5) is 0 Å². The van der Waals surface area contributed by atoms with Gasteiger partial charge in [0.25, 0.3) is 0 Å². The molecule has 0 bridgehead atoms. The molecule has 0 saturated carbocycles. The maximum atomic E-state index is 12.8. The molecule has 1 aromatic rings. The van der Waals surface area contributed by atoms with Gasteiger partial charge in [0.1, 0.15) is 11.5 Å². The maximum absolute atomic E-state index is 12.8. The van der Waals surface area contributed by atoms with Crippen LogP contribution in [-0.4, -0.2) is 54.5 Å². The van der Waals surface area contributed by atoms with Gasteiger partial charge in [-0.05, 0) is 39.3 Å². The molecule has 2 amide bonds. The molecule has 6 nitrogen and oxygen atoms in total. The number of unbranched alkanes of at least 4 members (excludes halogenated alkanes) is 2. The summed E-state index contributed by atoms with van der Waals surface area (Å²) in [6.45, 7) is 9.25. The molecule has 1 heterocycles. The third-order valence-electron chi connectivity index (χ3n) is 4.30. The number of aryl methyl sites for hydroxylation is 1. The Morgan fingerprint density at radius 3 is 2.46 bits per heavy atom. The topological polar surface area (TPSA) is 63.0 Å². The van der Waals surface area contributed by atoms with E-state index in [4.69, 9.17) is 9.15 Å². The molecule has 6 heteroatoms. The quantitative estimate of drug-likeness (QED) is 0.532. The zero-order valence-corrected chi connectivity index (χ0v) is 16.9. The predicted molar refractivity (Wildman–Crippen MR) is 102 cm³/mol. The molecule has 0 aliphatic heterocycles. The van der Waals surface area contributed by atoms with Gasteiger partial charge in [-0.2, -0.15) is 0 Å². The second kappa shape index (κ2) is 11.7. The number of nitrogens with zero attached hydrogens (tertiary/aromatic N) is 2. The van der Waals surface area contributed by atoms with Gasteiger partial charge in [0.15, 0.2) is 0 Å². The third kappa shape index (κ3) is 7.60. The van der Waals surface area contributed by atoms with Gasteiger partial charge < -0.3 is 19.0 Å². The number of amides is 2. The van der Waals surface area contributed by atoms with Crippen molar-refractivity contribution in [2.45, 2.75) is 66.0 Å². The number of carbonyl (C=O) groups excluding carboxylic acids is 2. The number of rotatable bonds is 12. The largest absolute Gasteiger partial charge is 0.464 e. The molecule has 26 heavy (non-hydrogen) atoms. The Kier molecular flexibility index (Phi) is 10.0. The molecule has 0 radical (unpaired) electrons. The zero-order valence-electron chi connectivity index (χ0n) is 16.9. The second-order valence-electron chi connectivity index (χ2n) is 6.89. The highest BCUT2D eigenvalue weighted by Gasteiger charge is 2.23. The second-order valence-corrected chi connectivity index (χ2v) is 6.89. The first-order chi connectivity index (χ1) is 12.4. The monoisotopic (exact) mass is 366 g/mol. The lowest BCUT2D eigenvalue weighted by molar-refractivity contribution is -0.142. The Bertz CT molecular complexity index is 554. The first-order valence-corrected chi connectivity index (χ1v) is 9.50. The first kappa shape index (κ1) is 22.2. The highest BCUT2D eigenvalue weighted by Crippen LogP contribution is 2.12. The summed E-state index contributed by atoms with van der Waals surface area (Å²) < 4.78 is 10.7. The molecule has 0 aliphatic rings. The molecule has 0 N–H and O–H groups in total. The highest BCUT2D eigenvalue weighted by molar-refractivity contribution is 5.85. The van der Waals surface area contributed by atoms with Gasteiger partial charge >= 0.3 is 0 Å². The van der Waals surface area contributed by atoms with Crippen molar-refractivity contribution >= 4 is 11.8 Å². The van der Waals surface area contributed by atoms with Crippen LogP contribution in [0, 0.1) is 6.92 Å². The molecule has 1 aromatic heterocycles. The summed E-state index contributed by atoms with van der Waals surface area (Å²) in [6, 6.07) is 3.74. The molecule has 0 saturated heterocycles. The number of hydrogen-bond donors (Lipinski definition) is 0. The molecule has 0 unspecified atom stereocenters. The maximum Gasteiger partial charge on any atom is 0.242 e. The SMILES string of the molecule is CCCCCC(=O)N(CC(=O)N(CCOC)Cc1ccc(C)o1)C(C)C. The van der Waals surface area contributed by atoms with Crippen molar-refractivity contribution in [3.8, 4) is 0 Å². The number of ether oxygens (including phenoxy) is 1. The van der Waals surface area contributed by atoms with Crippen LogP contribution in [0.5, 0.6) is 0 Å². The zero-order chi connectivity index (χ0) is 19.5. The lowest BCUT2D eigenvalue weighted by Crippen LogP contribution is -2.46. The van der Waals surface area contributed by atoms with Crippen molar-refractivity contribution in [3.05, 3.63) is 23.7 Å². The molecular formula is C20H34N2O4. The Morgan fingerprint density at radius 2 is 1.92 bits per heavy atom. The Hall–Kier alpha value is -1.82. The molecule has 0 aliphatic carbocycles. The summed E-state index contributed by atoms with van der Waals surface area (Å²) in [5.74, 6) is 1.50.